The van der Waals surface area contributed by atoms with Crippen molar-refractivity contribution in [3.05, 3.63) is 96.0 Å². The highest BCUT2D eigenvalue weighted by atomic mass is 32.2. The SMILES string of the molecule is CN(Cc1ccc(S(=O)(=O)n2ccc(/C=C/C(=O)NO)c2)cc1)CC(O)c1cc2ccccc2[nH]1. The number of carbonyl (C=O) groups excluding carboxylic acids is 1. The topological polar surface area (TPSA) is 128 Å². The minimum absolute atomic E-state index is 0.126. The summed E-state index contributed by atoms with van der Waals surface area (Å²) < 4.78 is 26.9. The van der Waals surface area contributed by atoms with Gasteiger partial charge in [0.1, 0.15) is 6.10 Å². The molecule has 0 saturated heterocycles. The molecule has 2 heterocycles. The normalized spacial score (nSPS) is 13.0. The monoisotopic (exact) mass is 494 g/mol. The van der Waals surface area contributed by atoms with Crippen LogP contribution in [0.25, 0.3) is 17.0 Å². The Bertz CT molecular complexity index is 1420. The Morgan fingerprint density at radius 3 is 2.63 bits per heavy atom. The molecule has 4 rings (SSSR count). The van der Waals surface area contributed by atoms with Gasteiger partial charge in [-0.2, -0.15) is 0 Å². The minimum atomic E-state index is -3.80. The maximum atomic E-state index is 12.9. The average Bonchev–Trinajstić information content (AvgIpc) is 3.50. The van der Waals surface area contributed by atoms with Gasteiger partial charge in [-0.15, -0.1) is 0 Å². The fraction of sp³-hybridized carbons (Fsp3) is 0.160. The number of carbonyl (C=O) groups is 1. The second-order valence-electron chi connectivity index (χ2n) is 8.26. The number of hydrogen-bond donors (Lipinski definition) is 4. The molecule has 1 atom stereocenters. The molecular formula is C25H26N4O5S. The lowest BCUT2D eigenvalue weighted by Crippen LogP contribution is -2.24. The number of fused-ring (bicyclic) bond motifs is 1. The number of para-hydroxylation sites is 1. The predicted octanol–water partition coefficient (Wildman–Crippen LogP) is 2.89. The summed E-state index contributed by atoms with van der Waals surface area (Å²) in [5, 5.41) is 20.2. The van der Waals surface area contributed by atoms with E-state index < -0.39 is 22.0 Å². The number of H-pyrrole nitrogens is 1. The average molecular weight is 495 g/mol. The van der Waals surface area contributed by atoms with E-state index in [-0.39, 0.29) is 4.90 Å². The van der Waals surface area contributed by atoms with Gasteiger partial charge in [0.25, 0.3) is 15.9 Å². The quantitative estimate of drug-likeness (QED) is 0.161. The van der Waals surface area contributed by atoms with E-state index in [1.54, 1.807) is 30.3 Å². The van der Waals surface area contributed by atoms with Crippen LogP contribution < -0.4 is 5.48 Å². The molecule has 0 spiro atoms. The van der Waals surface area contributed by atoms with Crippen molar-refractivity contribution < 1.29 is 23.5 Å². The third-order valence-electron chi connectivity index (χ3n) is 5.57. The minimum Gasteiger partial charge on any atom is -0.386 e. The molecule has 2 aromatic heterocycles. The molecule has 0 fully saturated rings. The number of aromatic nitrogens is 2. The molecule has 1 amide bonds. The van der Waals surface area contributed by atoms with Gasteiger partial charge in [-0.25, -0.2) is 17.9 Å². The summed E-state index contributed by atoms with van der Waals surface area (Å²) in [6, 6.07) is 17.9. The van der Waals surface area contributed by atoms with Crippen LogP contribution in [0.5, 0.6) is 0 Å². The van der Waals surface area contributed by atoms with Crippen LogP contribution in [0, 0.1) is 0 Å². The molecule has 35 heavy (non-hydrogen) atoms. The lowest BCUT2D eigenvalue weighted by Gasteiger charge is -2.20. The Balaban J connectivity index is 1.39. The summed E-state index contributed by atoms with van der Waals surface area (Å²) in [4.78, 5) is 16.4. The van der Waals surface area contributed by atoms with Gasteiger partial charge < -0.3 is 10.1 Å². The second kappa shape index (κ2) is 10.3. The number of aromatic amines is 1. The molecule has 0 aliphatic carbocycles. The van der Waals surface area contributed by atoms with Crippen molar-refractivity contribution in [3.63, 3.8) is 0 Å². The number of aliphatic hydroxyl groups is 1. The van der Waals surface area contributed by atoms with Crippen molar-refractivity contribution in [2.45, 2.75) is 17.5 Å². The molecule has 4 N–H and O–H groups in total. The first kappa shape index (κ1) is 24.4. The van der Waals surface area contributed by atoms with E-state index in [0.717, 1.165) is 32.2 Å². The summed E-state index contributed by atoms with van der Waals surface area (Å²) in [5.74, 6) is -0.713. The summed E-state index contributed by atoms with van der Waals surface area (Å²) in [5.41, 5.74) is 4.59. The maximum Gasteiger partial charge on any atom is 0.267 e. The van der Waals surface area contributed by atoms with Crippen LogP contribution in [0.15, 0.2) is 84.0 Å². The van der Waals surface area contributed by atoms with Gasteiger partial charge in [-0.3, -0.25) is 14.9 Å². The highest BCUT2D eigenvalue weighted by Crippen LogP contribution is 2.21. The highest BCUT2D eigenvalue weighted by Gasteiger charge is 2.17. The Morgan fingerprint density at radius 2 is 1.91 bits per heavy atom. The number of aliphatic hydroxyl groups excluding tert-OH is 1. The van der Waals surface area contributed by atoms with Crippen LogP contribution in [-0.4, -0.2) is 52.1 Å². The van der Waals surface area contributed by atoms with Gasteiger partial charge in [0, 0.05) is 42.8 Å². The van der Waals surface area contributed by atoms with Gasteiger partial charge in [0.15, 0.2) is 0 Å². The fourth-order valence-electron chi connectivity index (χ4n) is 3.78. The number of hydroxylamine groups is 1. The summed E-state index contributed by atoms with van der Waals surface area (Å²) in [6.07, 6.45) is 4.56. The molecule has 1 unspecified atom stereocenters. The van der Waals surface area contributed by atoms with Gasteiger partial charge in [-0.1, -0.05) is 30.3 Å². The van der Waals surface area contributed by atoms with E-state index in [1.807, 2.05) is 42.3 Å². The van der Waals surface area contributed by atoms with Crippen molar-refractivity contribution >= 4 is 32.9 Å². The third kappa shape index (κ3) is 5.69. The van der Waals surface area contributed by atoms with Crippen LogP contribution in [0.2, 0.25) is 0 Å². The maximum absolute atomic E-state index is 12.9. The van der Waals surface area contributed by atoms with Crippen molar-refractivity contribution in [2.24, 2.45) is 0 Å². The number of nitrogens with one attached hydrogen (secondary N) is 2. The number of rotatable bonds is 9. The smallest absolute Gasteiger partial charge is 0.267 e. The van der Waals surface area contributed by atoms with Crippen molar-refractivity contribution in [3.8, 4) is 0 Å². The second-order valence-corrected chi connectivity index (χ2v) is 10.1. The summed E-state index contributed by atoms with van der Waals surface area (Å²) in [7, 11) is -1.91. The lowest BCUT2D eigenvalue weighted by molar-refractivity contribution is -0.124. The fourth-order valence-corrected chi connectivity index (χ4v) is 4.99. The highest BCUT2D eigenvalue weighted by molar-refractivity contribution is 7.90. The van der Waals surface area contributed by atoms with E-state index in [0.29, 0.717) is 18.7 Å². The molecule has 10 heteroatoms. The first-order valence-electron chi connectivity index (χ1n) is 10.8. The van der Waals surface area contributed by atoms with E-state index in [1.165, 1.54) is 23.9 Å². The first-order valence-corrected chi connectivity index (χ1v) is 12.3. The first-order chi connectivity index (χ1) is 16.8. The third-order valence-corrected chi connectivity index (χ3v) is 7.22. The standard InChI is InChI=1S/C25H26N4O5S/c1-28(17-24(30)23-14-20-4-2-3-5-22(20)26-23)15-18-6-9-21(10-7-18)35(33,34)29-13-12-19(16-29)8-11-25(31)27-32/h2-14,16,24,26,30,32H,15,17H2,1H3,(H,27,31)/b11-8+. The van der Waals surface area contributed by atoms with Crippen LogP contribution in [0.1, 0.15) is 22.9 Å². The molecule has 0 aliphatic heterocycles. The number of amides is 1. The van der Waals surface area contributed by atoms with E-state index >= 15 is 0 Å². The van der Waals surface area contributed by atoms with E-state index in [2.05, 4.69) is 4.98 Å². The van der Waals surface area contributed by atoms with E-state index in [9.17, 15) is 18.3 Å². The van der Waals surface area contributed by atoms with Gasteiger partial charge in [0.05, 0.1) is 4.90 Å². The zero-order valence-corrected chi connectivity index (χ0v) is 19.8. The Morgan fingerprint density at radius 1 is 1.17 bits per heavy atom. The van der Waals surface area contributed by atoms with Gasteiger partial charge >= 0.3 is 0 Å². The molecule has 2 aromatic carbocycles. The number of nitrogens with zero attached hydrogens (tertiary/aromatic N) is 2. The summed E-state index contributed by atoms with van der Waals surface area (Å²) >= 11 is 0. The molecule has 0 aliphatic rings. The Hall–Kier alpha value is -3.70. The van der Waals surface area contributed by atoms with Crippen molar-refractivity contribution in [1.29, 1.82) is 0 Å². The lowest BCUT2D eigenvalue weighted by atomic mass is 10.2. The van der Waals surface area contributed by atoms with Crippen LogP contribution in [0.3, 0.4) is 0 Å². The zero-order chi connectivity index (χ0) is 25.0. The zero-order valence-electron chi connectivity index (χ0n) is 19.0. The number of likely N-dealkylation sites (N-methyl/N-ethyl adjacent to an activating group) is 1. The van der Waals surface area contributed by atoms with Crippen LogP contribution in [-0.2, 0) is 21.4 Å². The van der Waals surface area contributed by atoms with Gasteiger partial charge in [0.2, 0.25) is 0 Å². The Labute approximate surface area is 202 Å². The number of benzene rings is 2. The van der Waals surface area contributed by atoms with Crippen LogP contribution >= 0.6 is 0 Å². The molecule has 0 bridgehead atoms. The molecule has 4 aromatic rings. The van der Waals surface area contributed by atoms with Crippen LogP contribution in [0.4, 0.5) is 0 Å². The molecule has 0 saturated carbocycles. The Kier molecular flexibility index (Phi) is 7.17. The molecule has 0 radical (unpaired) electrons. The summed E-state index contributed by atoms with van der Waals surface area (Å²) in [6.45, 7) is 0.934. The van der Waals surface area contributed by atoms with Gasteiger partial charge in [-0.05, 0) is 60.0 Å². The molecular weight excluding hydrogens is 468 g/mol. The van der Waals surface area contributed by atoms with E-state index in [4.69, 9.17) is 5.21 Å². The number of hydrogen-bond acceptors (Lipinski definition) is 6. The molecule has 9 nitrogen and oxygen atoms in total. The molecule has 182 valence electrons. The van der Waals surface area contributed by atoms with Crippen molar-refractivity contribution in [1.82, 2.24) is 19.3 Å². The predicted molar refractivity (Wildman–Crippen MR) is 132 cm³/mol. The van der Waals surface area contributed by atoms with Crippen molar-refractivity contribution in [2.75, 3.05) is 13.6 Å². The largest absolute Gasteiger partial charge is 0.386 e.